The number of anilines is 5. The zero-order chi connectivity index (χ0) is 65.8. The van der Waals surface area contributed by atoms with E-state index in [9.17, 15) is 57.0 Å². The molecule has 86 heavy (non-hydrogen) atoms. The molecule has 7 rings (SSSR count). The highest BCUT2D eigenvalue weighted by Crippen LogP contribution is 2.36. The van der Waals surface area contributed by atoms with Gasteiger partial charge in [-0.1, -0.05) is 24.3 Å². The molecule has 1 aromatic heterocycles. The van der Waals surface area contributed by atoms with Crippen LogP contribution in [0.15, 0.2) is 137 Å². The van der Waals surface area contributed by atoms with E-state index in [1.807, 2.05) is 0 Å². The molecule has 1 heterocycles. The molecule has 0 saturated carbocycles. The third-order valence-corrected chi connectivity index (χ3v) is 12.9. The molecule has 0 radical (unpaired) electrons. The van der Waals surface area contributed by atoms with Gasteiger partial charge in [0.15, 0.2) is 0 Å². The first-order chi connectivity index (χ1) is 39.0. The summed E-state index contributed by atoms with van der Waals surface area (Å²) < 4.78 is 148. The molecule has 0 aliphatic heterocycles. The highest BCUT2D eigenvalue weighted by molar-refractivity contribution is 7.87. The third-order valence-electron chi connectivity index (χ3n) is 9.37. The van der Waals surface area contributed by atoms with E-state index in [0.717, 1.165) is 66.5 Å². The molecule has 27 nitrogen and oxygen atoms in total. The molecule has 7 aromatic rings. The van der Waals surface area contributed by atoms with Crippen molar-refractivity contribution in [2.75, 3.05) is 142 Å². The molecule has 6 aromatic carbocycles. The Labute approximate surface area is 505 Å². The topological polar surface area (TPSA) is 373 Å². The van der Waals surface area contributed by atoms with E-state index < -0.39 is 60.1 Å². The van der Waals surface area contributed by atoms with Gasteiger partial charge in [-0.15, -0.1) is 0 Å². The fourth-order valence-electron chi connectivity index (χ4n) is 6.49. The van der Waals surface area contributed by atoms with Gasteiger partial charge in [0.2, 0.25) is 17.8 Å². The molecule has 0 fully saturated rings. The summed E-state index contributed by atoms with van der Waals surface area (Å²) in [6.45, 7) is 3.17. The summed E-state index contributed by atoms with van der Waals surface area (Å²) in [6, 6.07) is 20.2. The predicted octanol–water partition coefficient (Wildman–Crippen LogP) is 7.42. The Kier molecular flexibility index (Phi) is 24.7. The first-order valence-corrected chi connectivity index (χ1v) is 31.4. The Morgan fingerprint density at radius 1 is 0.407 bits per heavy atom. The van der Waals surface area contributed by atoms with Crippen molar-refractivity contribution in [2.24, 2.45) is 20.5 Å². The molecule has 0 atom stereocenters. The standard InChI is InChI=1S/C39H34N10O13S4.4C4H12N/c1-21-15-23(9-11-31(21)48-46-25-17-29-27(35(19-25)65(57,58)59)5-3-7-33(29)63(51,52)53)41-38-43-37(40-13-14-50)44-39(45-38)42-24-10-12-32(22(2)16-24)49-47-26-18-30-28(36(20-26)66(60,61)62)6-4-8-34(30)64(54,55)56;4*1-5(2,3)4/h3-12,15-20,50H,13-14H2,1-2H3,(H,51,52,53)(H,54,55,56)(H,57,58,59)(H,60,61,62)(H3,40,41,42,43,44,45);4*1-4H3/q;4*+1/p-4. The number of quaternary nitrogens is 4. The number of aromatic nitrogens is 3. The van der Waals surface area contributed by atoms with Crippen LogP contribution in [0.25, 0.3) is 21.5 Å². The summed E-state index contributed by atoms with van der Waals surface area (Å²) in [5.41, 5.74) is 2.08. The third kappa shape index (κ3) is 26.7. The van der Waals surface area contributed by atoms with Gasteiger partial charge in [-0.2, -0.15) is 35.4 Å². The van der Waals surface area contributed by atoms with E-state index >= 15 is 0 Å². The maximum atomic E-state index is 12.1. The minimum atomic E-state index is -5.14. The lowest BCUT2D eigenvalue weighted by atomic mass is 10.1. The van der Waals surface area contributed by atoms with Crippen LogP contribution in [-0.2, 0) is 40.5 Å². The van der Waals surface area contributed by atoms with Gasteiger partial charge >= 0.3 is 0 Å². The van der Waals surface area contributed by atoms with E-state index in [4.69, 9.17) is 0 Å². The van der Waals surface area contributed by atoms with E-state index in [1.54, 1.807) is 38.1 Å². The van der Waals surface area contributed by atoms with Crippen LogP contribution in [0.1, 0.15) is 11.1 Å². The first kappa shape index (κ1) is 73.1. The van der Waals surface area contributed by atoms with E-state index in [0.29, 0.717) is 22.5 Å². The number of hydrogen-bond donors (Lipinski definition) is 4. The number of azo groups is 2. The molecular weight excluding hydrogens is 1190 g/mol. The Bertz CT molecular complexity index is 3770. The molecule has 0 aliphatic carbocycles. The SMILES string of the molecule is C[N+](C)(C)C.C[N+](C)(C)C.C[N+](C)(C)C.C[N+](C)(C)C.Cc1cc(Nc2nc(NCCO)nc(Nc3ccc(N=Nc4cc(S(=O)(=O)[O-])c5cccc(S(=O)(=O)[O-])c5c4)c(C)c3)n2)ccc1N=Nc1cc(S(=O)(=O)[O-])c2cccc(S(=O)(=O)[O-])c2c1. The number of aryl methyl sites for hydroxylation is 2. The lowest BCUT2D eigenvalue weighted by Gasteiger charge is -2.15. The molecule has 0 amide bonds. The molecule has 0 spiro atoms. The number of aliphatic hydroxyl groups is 1. The van der Waals surface area contributed by atoms with Crippen molar-refractivity contribution in [3.05, 3.63) is 108 Å². The lowest BCUT2D eigenvalue weighted by Crippen LogP contribution is -2.27. The zero-order valence-corrected chi connectivity index (χ0v) is 54.8. The summed E-state index contributed by atoms with van der Waals surface area (Å²) in [7, 11) is 13.6. The summed E-state index contributed by atoms with van der Waals surface area (Å²) in [6.07, 6.45) is 0. The highest BCUT2D eigenvalue weighted by atomic mass is 32.2. The van der Waals surface area contributed by atoms with Crippen LogP contribution < -0.4 is 16.0 Å². The fourth-order valence-corrected chi connectivity index (χ4v) is 9.28. The number of aliphatic hydroxyl groups excluding tert-OH is 1. The maximum Gasteiger partial charge on any atom is 0.233 e. The summed E-state index contributed by atoms with van der Waals surface area (Å²) in [5.74, 6) is 0.149. The lowest BCUT2D eigenvalue weighted by molar-refractivity contribution is -0.849. The predicted molar refractivity (Wildman–Crippen MR) is 328 cm³/mol. The van der Waals surface area contributed by atoms with Crippen molar-refractivity contribution in [2.45, 2.75) is 33.4 Å². The summed E-state index contributed by atoms with van der Waals surface area (Å²) in [5, 5.41) is 33.5. The molecular formula is C55H78N14O13S4. The average molecular weight is 1270 g/mol. The number of nitrogens with zero attached hydrogens (tertiary/aromatic N) is 11. The Morgan fingerprint density at radius 2 is 0.709 bits per heavy atom. The molecule has 0 aliphatic rings. The second-order valence-electron chi connectivity index (χ2n) is 24.7. The van der Waals surface area contributed by atoms with Crippen LogP contribution in [0.5, 0.6) is 0 Å². The fraction of sp³-hybridized carbons (Fsp3) is 0.364. The zero-order valence-electron chi connectivity index (χ0n) is 51.6. The van der Waals surface area contributed by atoms with E-state index in [1.165, 1.54) is 24.3 Å². The van der Waals surface area contributed by atoms with Crippen molar-refractivity contribution in [1.29, 1.82) is 0 Å². The Hall–Kier alpha value is -7.11. The van der Waals surface area contributed by atoms with Gasteiger partial charge < -0.3 is 57.2 Å². The maximum absolute atomic E-state index is 12.1. The highest BCUT2D eigenvalue weighted by Gasteiger charge is 2.18. The Morgan fingerprint density at radius 3 is 0.988 bits per heavy atom. The van der Waals surface area contributed by atoms with Crippen LogP contribution in [0.4, 0.5) is 52.0 Å². The van der Waals surface area contributed by atoms with Gasteiger partial charge in [0, 0.05) is 39.5 Å². The average Bonchev–Trinajstić information content (AvgIpc) is 1.16. The second-order valence-corrected chi connectivity index (χ2v) is 30.1. The molecule has 31 heteroatoms. The van der Waals surface area contributed by atoms with Crippen molar-refractivity contribution in [3.8, 4) is 0 Å². The van der Waals surface area contributed by atoms with Gasteiger partial charge in [-0.3, -0.25) is 0 Å². The van der Waals surface area contributed by atoms with Crippen molar-refractivity contribution >= 4 is 114 Å². The molecule has 0 saturated heterocycles. The van der Waals surface area contributed by atoms with Crippen molar-refractivity contribution in [3.63, 3.8) is 0 Å². The van der Waals surface area contributed by atoms with Gasteiger partial charge in [-0.25, -0.2) is 33.7 Å². The quantitative estimate of drug-likeness (QED) is 0.0440. The summed E-state index contributed by atoms with van der Waals surface area (Å²) in [4.78, 5) is 10.1. The van der Waals surface area contributed by atoms with Gasteiger partial charge in [0.05, 0.1) is 162 Å². The Balaban J connectivity index is 0.000000835. The number of fused-ring (bicyclic) bond motifs is 2. The smallest absolute Gasteiger partial charge is 0.233 e. The van der Waals surface area contributed by atoms with E-state index in [2.05, 4.69) is 164 Å². The molecule has 0 bridgehead atoms. The van der Waals surface area contributed by atoms with Crippen molar-refractivity contribution in [1.82, 2.24) is 15.0 Å². The van der Waals surface area contributed by atoms with Crippen LogP contribution in [0.3, 0.4) is 0 Å². The monoisotopic (exact) mass is 1270 g/mol. The van der Waals surface area contributed by atoms with Crippen LogP contribution >= 0.6 is 0 Å². The number of rotatable bonds is 15. The largest absolute Gasteiger partial charge is 0.744 e. The van der Waals surface area contributed by atoms with Gasteiger partial charge in [0.1, 0.15) is 40.5 Å². The molecule has 470 valence electrons. The minimum Gasteiger partial charge on any atom is -0.744 e. The van der Waals surface area contributed by atoms with E-state index in [-0.39, 0.29) is 75.3 Å². The van der Waals surface area contributed by atoms with Crippen molar-refractivity contribution < 1.29 is 74.9 Å². The molecule has 4 N–H and O–H groups in total. The number of hydrogen-bond acceptors (Lipinski definition) is 23. The first-order valence-electron chi connectivity index (χ1n) is 25.8. The normalized spacial score (nSPS) is 12.5. The second kappa shape index (κ2) is 29.1. The van der Waals surface area contributed by atoms with Gasteiger partial charge in [0.25, 0.3) is 0 Å². The molecule has 0 unspecified atom stereocenters. The van der Waals surface area contributed by atoms with Crippen LogP contribution in [-0.4, -0.2) is 216 Å². The minimum absolute atomic E-state index is 0.0401. The number of nitrogens with one attached hydrogen (secondary N) is 3. The van der Waals surface area contributed by atoms with Crippen LogP contribution in [0.2, 0.25) is 0 Å². The van der Waals surface area contributed by atoms with Crippen LogP contribution in [0, 0.1) is 13.8 Å². The summed E-state index contributed by atoms with van der Waals surface area (Å²) >= 11 is 0. The number of benzene rings is 6. The van der Waals surface area contributed by atoms with Gasteiger partial charge in [-0.05, 0) is 97.8 Å².